The van der Waals surface area contributed by atoms with Crippen LogP contribution in [0.4, 0.5) is 0 Å². The highest BCUT2D eigenvalue weighted by molar-refractivity contribution is 7.98. The molecule has 2 aromatic carbocycles. The SMILES string of the molecule is CC[C@@H](C)NC(=O)c1ccc(Cn2c(SCc3ccccc3)nc3ccncc32)cc1. The van der Waals surface area contributed by atoms with Gasteiger partial charge in [-0.05, 0) is 42.7 Å². The molecule has 0 saturated heterocycles. The third-order valence-corrected chi connectivity index (χ3v) is 6.32. The zero-order valence-electron chi connectivity index (χ0n) is 17.8. The molecule has 1 N–H and O–H groups in total. The summed E-state index contributed by atoms with van der Waals surface area (Å²) >= 11 is 1.72. The number of hydrogen-bond acceptors (Lipinski definition) is 4. The maximum absolute atomic E-state index is 12.4. The molecule has 1 amide bonds. The van der Waals surface area contributed by atoms with E-state index in [1.165, 1.54) is 5.56 Å². The van der Waals surface area contributed by atoms with Gasteiger partial charge in [0.05, 0.1) is 23.8 Å². The van der Waals surface area contributed by atoms with E-state index in [-0.39, 0.29) is 11.9 Å². The van der Waals surface area contributed by atoms with Crippen LogP contribution < -0.4 is 5.32 Å². The predicted octanol–water partition coefficient (Wildman–Crippen LogP) is 5.30. The molecule has 1 atom stereocenters. The summed E-state index contributed by atoms with van der Waals surface area (Å²) in [6.07, 6.45) is 4.55. The van der Waals surface area contributed by atoms with Gasteiger partial charge >= 0.3 is 0 Å². The maximum atomic E-state index is 12.4. The monoisotopic (exact) mass is 430 g/mol. The summed E-state index contributed by atoms with van der Waals surface area (Å²) in [5.74, 6) is 0.823. The molecule has 0 aliphatic carbocycles. The van der Waals surface area contributed by atoms with E-state index in [1.807, 2.05) is 49.5 Å². The first-order chi connectivity index (χ1) is 15.1. The number of fused-ring (bicyclic) bond motifs is 1. The van der Waals surface area contributed by atoms with Crippen molar-refractivity contribution in [3.05, 3.63) is 89.7 Å². The Labute approximate surface area is 186 Å². The summed E-state index contributed by atoms with van der Waals surface area (Å²) in [7, 11) is 0. The van der Waals surface area contributed by atoms with Gasteiger partial charge in [-0.25, -0.2) is 4.98 Å². The molecule has 0 bridgehead atoms. The molecule has 0 aliphatic rings. The first-order valence-corrected chi connectivity index (χ1v) is 11.5. The normalized spacial score (nSPS) is 12.1. The molecule has 0 spiro atoms. The van der Waals surface area contributed by atoms with Gasteiger partial charge in [-0.1, -0.05) is 61.2 Å². The number of amides is 1. The molecule has 158 valence electrons. The Hall–Kier alpha value is -3.12. The van der Waals surface area contributed by atoms with Crippen molar-refractivity contribution in [1.29, 1.82) is 0 Å². The molecule has 0 radical (unpaired) electrons. The van der Waals surface area contributed by atoms with Crippen molar-refractivity contribution in [2.24, 2.45) is 0 Å². The van der Waals surface area contributed by atoms with Gasteiger partial charge in [-0.2, -0.15) is 0 Å². The minimum absolute atomic E-state index is 0.0303. The number of benzene rings is 2. The Kier molecular flexibility index (Phi) is 6.67. The Balaban J connectivity index is 1.55. The van der Waals surface area contributed by atoms with Crippen molar-refractivity contribution in [3.8, 4) is 0 Å². The molecule has 31 heavy (non-hydrogen) atoms. The van der Waals surface area contributed by atoms with Gasteiger partial charge in [0.1, 0.15) is 0 Å². The minimum Gasteiger partial charge on any atom is -0.350 e. The number of carbonyl (C=O) groups excluding carboxylic acids is 1. The third kappa shape index (κ3) is 5.14. The lowest BCUT2D eigenvalue weighted by atomic mass is 10.1. The molecule has 2 heterocycles. The lowest BCUT2D eigenvalue weighted by Crippen LogP contribution is -2.31. The van der Waals surface area contributed by atoms with E-state index < -0.39 is 0 Å². The largest absolute Gasteiger partial charge is 0.350 e. The smallest absolute Gasteiger partial charge is 0.251 e. The van der Waals surface area contributed by atoms with Crippen molar-refractivity contribution in [3.63, 3.8) is 0 Å². The second kappa shape index (κ2) is 9.79. The standard InChI is InChI=1S/C25H26N4OS/c1-3-18(2)27-24(30)21-11-9-19(10-12-21)16-29-23-15-26-14-13-22(23)28-25(29)31-17-20-7-5-4-6-8-20/h4-15,18H,3,16-17H2,1-2H3,(H,27,30)/t18-/m1/s1. The van der Waals surface area contributed by atoms with Gasteiger partial charge < -0.3 is 9.88 Å². The van der Waals surface area contributed by atoms with Crippen molar-refractivity contribution in [1.82, 2.24) is 19.9 Å². The van der Waals surface area contributed by atoms with Crippen molar-refractivity contribution >= 4 is 28.7 Å². The lowest BCUT2D eigenvalue weighted by molar-refractivity contribution is 0.0939. The number of hydrogen-bond donors (Lipinski definition) is 1. The van der Waals surface area contributed by atoms with Crippen LogP contribution in [-0.4, -0.2) is 26.5 Å². The van der Waals surface area contributed by atoms with E-state index >= 15 is 0 Å². The van der Waals surface area contributed by atoms with Crippen LogP contribution in [0.2, 0.25) is 0 Å². The topological polar surface area (TPSA) is 59.8 Å². The highest BCUT2D eigenvalue weighted by Gasteiger charge is 2.13. The summed E-state index contributed by atoms with van der Waals surface area (Å²) < 4.78 is 2.20. The Bertz CT molecular complexity index is 1160. The van der Waals surface area contributed by atoms with Gasteiger partial charge in [0.2, 0.25) is 0 Å². The van der Waals surface area contributed by atoms with Gasteiger partial charge in [0.25, 0.3) is 5.91 Å². The molecular weight excluding hydrogens is 404 g/mol. The Morgan fingerprint density at radius 1 is 1.06 bits per heavy atom. The summed E-state index contributed by atoms with van der Waals surface area (Å²) in [5, 5.41) is 3.97. The third-order valence-electron chi connectivity index (χ3n) is 5.27. The van der Waals surface area contributed by atoms with Gasteiger partial charge in [0, 0.05) is 23.6 Å². The van der Waals surface area contributed by atoms with Crippen LogP contribution in [0, 0.1) is 0 Å². The number of nitrogens with one attached hydrogen (secondary N) is 1. The number of carbonyl (C=O) groups is 1. The van der Waals surface area contributed by atoms with Crippen molar-refractivity contribution in [2.75, 3.05) is 0 Å². The first-order valence-electron chi connectivity index (χ1n) is 10.5. The molecule has 4 aromatic rings. The van der Waals surface area contributed by atoms with Crippen LogP contribution in [0.25, 0.3) is 11.0 Å². The fourth-order valence-electron chi connectivity index (χ4n) is 3.29. The average molecular weight is 431 g/mol. The number of pyridine rings is 1. The fourth-order valence-corrected chi connectivity index (χ4v) is 4.26. The number of aromatic nitrogens is 3. The highest BCUT2D eigenvalue weighted by Crippen LogP contribution is 2.27. The van der Waals surface area contributed by atoms with Crippen LogP contribution in [-0.2, 0) is 12.3 Å². The maximum Gasteiger partial charge on any atom is 0.251 e. The molecule has 2 aromatic heterocycles. The highest BCUT2D eigenvalue weighted by atomic mass is 32.2. The van der Waals surface area contributed by atoms with Gasteiger partial charge in [0.15, 0.2) is 5.16 Å². The molecule has 0 fully saturated rings. The molecule has 0 saturated carbocycles. The van der Waals surface area contributed by atoms with Crippen molar-refractivity contribution in [2.45, 2.75) is 43.8 Å². The second-order valence-electron chi connectivity index (χ2n) is 7.60. The Morgan fingerprint density at radius 3 is 2.58 bits per heavy atom. The quantitative estimate of drug-likeness (QED) is 0.385. The van der Waals surface area contributed by atoms with E-state index in [9.17, 15) is 4.79 Å². The zero-order valence-corrected chi connectivity index (χ0v) is 18.6. The predicted molar refractivity (Wildman–Crippen MR) is 126 cm³/mol. The van der Waals surface area contributed by atoms with Crippen LogP contribution in [0.1, 0.15) is 41.8 Å². The molecule has 0 unspecified atom stereocenters. The fraction of sp³-hybridized carbons (Fsp3) is 0.240. The Morgan fingerprint density at radius 2 is 1.84 bits per heavy atom. The molecular formula is C25H26N4OS. The first kappa shape index (κ1) is 21.1. The van der Waals surface area contributed by atoms with E-state index in [1.54, 1.807) is 18.0 Å². The molecule has 5 nitrogen and oxygen atoms in total. The van der Waals surface area contributed by atoms with Crippen LogP contribution in [0.15, 0.2) is 78.2 Å². The molecule has 4 rings (SSSR count). The molecule has 0 aliphatic heterocycles. The number of imidazole rings is 1. The lowest BCUT2D eigenvalue weighted by Gasteiger charge is -2.12. The van der Waals surface area contributed by atoms with Crippen LogP contribution >= 0.6 is 11.8 Å². The average Bonchev–Trinajstić information content (AvgIpc) is 3.16. The molecule has 6 heteroatoms. The second-order valence-corrected chi connectivity index (χ2v) is 8.54. The van der Waals surface area contributed by atoms with E-state index in [0.29, 0.717) is 12.1 Å². The van der Waals surface area contributed by atoms with Crippen LogP contribution in [0.3, 0.4) is 0 Å². The number of nitrogens with zero attached hydrogens (tertiary/aromatic N) is 3. The minimum atomic E-state index is -0.0303. The van der Waals surface area contributed by atoms with E-state index in [4.69, 9.17) is 4.98 Å². The zero-order chi connectivity index (χ0) is 21.6. The summed E-state index contributed by atoms with van der Waals surface area (Å²) in [6.45, 7) is 4.75. The summed E-state index contributed by atoms with van der Waals surface area (Å²) in [6, 6.07) is 20.3. The van der Waals surface area contributed by atoms with Gasteiger partial charge in [-0.3, -0.25) is 9.78 Å². The number of rotatable bonds is 8. The number of thioether (sulfide) groups is 1. The van der Waals surface area contributed by atoms with Crippen molar-refractivity contribution < 1.29 is 4.79 Å². The van der Waals surface area contributed by atoms with Crippen LogP contribution in [0.5, 0.6) is 0 Å². The van der Waals surface area contributed by atoms with Gasteiger partial charge in [-0.15, -0.1) is 0 Å². The van der Waals surface area contributed by atoms with E-state index in [2.05, 4.69) is 46.1 Å². The summed E-state index contributed by atoms with van der Waals surface area (Å²) in [4.78, 5) is 21.5. The van der Waals surface area contributed by atoms with E-state index in [0.717, 1.165) is 33.9 Å². The summed E-state index contributed by atoms with van der Waals surface area (Å²) in [5.41, 5.74) is 5.01.